The third-order valence-electron chi connectivity index (χ3n) is 7.80. The van der Waals surface area contributed by atoms with E-state index < -0.39 is 28.5 Å². The van der Waals surface area contributed by atoms with Gasteiger partial charge in [0.05, 0.1) is 10.6 Å². The summed E-state index contributed by atoms with van der Waals surface area (Å²) in [4.78, 5) is 29.5. The van der Waals surface area contributed by atoms with E-state index >= 15 is 0 Å². The van der Waals surface area contributed by atoms with E-state index in [2.05, 4.69) is 5.32 Å². The minimum atomic E-state index is -4.09. The Morgan fingerprint density at radius 3 is 2.17 bits per heavy atom. The number of amides is 2. The number of sulfonamides is 1. The average Bonchev–Trinajstić information content (AvgIpc) is 3.47. The van der Waals surface area contributed by atoms with Crippen LogP contribution in [0.4, 0.5) is 5.69 Å². The van der Waals surface area contributed by atoms with Crippen LogP contribution in [0.25, 0.3) is 0 Å². The van der Waals surface area contributed by atoms with Crippen molar-refractivity contribution >= 4 is 27.5 Å². The highest BCUT2D eigenvalue weighted by molar-refractivity contribution is 7.92. The van der Waals surface area contributed by atoms with Gasteiger partial charge in [0, 0.05) is 12.6 Å². The summed E-state index contributed by atoms with van der Waals surface area (Å²) in [5, 5.41) is 3.15. The van der Waals surface area contributed by atoms with Crippen LogP contribution in [0, 0.1) is 20.8 Å². The van der Waals surface area contributed by atoms with Gasteiger partial charge in [0.25, 0.3) is 10.0 Å². The lowest BCUT2D eigenvalue weighted by atomic mass is 10.1. The Morgan fingerprint density at radius 2 is 1.54 bits per heavy atom. The quantitative estimate of drug-likeness (QED) is 0.319. The van der Waals surface area contributed by atoms with Crippen LogP contribution in [0.3, 0.4) is 0 Å². The van der Waals surface area contributed by atoms with Crippen molar-refractivity contribution < 1.29 is 18.0 Å². The molecule has 7 nitrogen and oxygen atoms in total. The molecule has 0 saturated heterocycles. The van der Waals surface area contributed by atoms with E-state index in [1.165, 1.54) is 16.4 Å². The number of aryl methyl sites for hydroxylation is 3. The molecule has 0 unspecified atom stereocenters. The predicted molar refractivity (Wildman–Crippen MR) is 163 cm³/mol. The molecule has 0 radical (unpaired) electrons. The molecule has 1 atom stereocenters. The normalized spacial score (nSPS) is 14.4. The molecular formula is C33H41N3O4S. The molecule has 1 fully saturated rings. The molecule has 1 N–H and O–H groups in total. The summed E-state index contributed by atoms with van der Waals surface area (Å²) in [5.74, 6) is -0.622. The molecule has 0 bridgehead atoms. The number of carbonyl (C=O) groups excluding carboxylic acids is 2. The average molecular weight is 576 g/mol. The number of hydrogen-bond donors (Lipinski definition) is 1. The number of nitrogens with zero attached hydrogens (tertiary/aromatic N) is 2. The van der Waals surface area contributed by atoms with Gasteiger partial charge in [-0.25, -0.2) is 8.42 Å². The van der Waals surface area contributed by atoms with Crippen molar-refractivity contribution in [2.24, 2.45) is 0 Å². The van der Waals surface area contributed by atoms with Crippen molar-refractivity contribution in [3.05, 3.63) is 95.1 Å². The zero-order chi connectivity index (χ0) is 29.6. The number of anilines is 1. The van der Waals surface area contributed by atoms with Crippen LogP contribution in [0.15, 0.2) is 77.7 Å². The van der Waals surface area contributed by atoms with Crippen LogP contribution in [0.1, 0.15) is 61.3 Å². The second kappa shape index (κ2) is 13.3. The first-order chi connectivity index (χ1) is 19.6. The van der Waals surface area contributed by atoms with Gasteiger partial charge >= 0.3 is 0 Å². The number of nitrogens with one attached hydrogen (secondary N) is 1. The number of carbonyl (C=O) groups is 2. The molecule has 1 aliphatic rings. The Labute approximate surface area is 244 Å². The van der Waals surface area contributed by atoms with Crippen LogP contribution in [-0.2, 0) is 26.2 Å². The highest BCUT2D eigenvalue weighted by Crippen LogP contribution is 2.29. The summed E-state index contributed by atoms with van der Waals surface area (Å²) >= 11 is 0. The fourth-order valence-corrected chi connectivity index (χ4v) is 6.89. The second-order valence-corrected chi connectivity index (χ2v) is 12.9. The van der Waals surface area contributed by atoms with Crippen molar-refractivity contribution in [2.75, 3.05) is 10.8 Å². The molecule has 0 aliphatic heterocycles. The van der Waals surface area contributed by atoms with E-state index in [0.717, 1.165) is 47.9 Å². The van der Waals surface area contributed by atoms with Crippen molar-refractivity contribution in [3.63, 3.8) is 0 Å². The van der Waals surface area contributed by atoms with Crippen molar-refractivity contribution in [2.45, 2.75) is 83.3 Å². The first-order valence-corrected chi connectivity index (χ1v) is 15.8. The van der Waals surface area contributed by atoms with Gasteiger partial charge < -0.3 is 10.2 Å². The van der Waals surface area contributed by atoms with Gasteiger partial charge in [-0.15, -0.1) is 0 Å². The third kappa shape index (κ3) is 7.36. The van der Waals surface area contributed by atoms with Crippen LogP contribution in [0.2, 0.25) is 0 Å². The van der Waals surface area contributed by atoms with Crippen molar-refractivity contribution in [1.29, 1.82) is 0 Å². The molecule has 3 aromatic carbocycles. The Kier molecular flexibility index (Phi) is 9.86. The molecular weight excluding hydrogens is 534 g/mol. The van der Waals surface area contributed by atoms with E-state index in [-0.39, 0.29) is 23.4 Å². The maximum absolute atomic E-state index is 14.3. The molecule has 3 aromatic rings. The largest absolute Gasteiger partial charge is 0.352 e. The van der Waals surface area contributed by atoms with E-state index in [0.29, 0.717) is 12.1 Å². The SMILES string of the molecule is CC[C@H](C(=O)NC1CCCC1)N(Cc1ccc(C)cc1)C(=O)CN(c1cc(C)ccc1C)S(=O)(=O)c1ccccc1. The van der Waals surface area contributed by atoms with Gasteiger partial charge in [0.1, 0.15) is 12.6 Å². The summed E-state index contributed by atoms with van der Waals surface area (Å²) in [5.41, 5.74) is 4.03. The zero-order valence-electron chi connectivity index (χ0n) is 24.5. The summed E-state index contributed by atoms with van der Waals surface area (Å²) in [6.07, 6.45) is 4.44. The van der Waals surface area contributed by atoms with Crippen LogP contribution >= 0.6 is 0 Å². The molecule has 218 valence electrons. The summed E-state index contributed by atoms with van der Waals surface area (Å²) in [6, 6.07) is 20.9. The Morgan fingerprint density at radius 1 is 0.902 bits per heavy atom. The molecule has 4 rings (SSSR count). The predicted octanol–water partition coefficient (Wildman–Crippen LogP) is 5.67. The highest BCUT2D eigenvalue weighted by atomic mass is 32.2. The Bertz CT molecular complexity index is 1450. The lowest BCUT2D eigenvalue weighted by molar-refractivity contribution is -0.140. The first-order valence-electron chi connectivity index (χ1n) is 14.4. The Hall–Kier alpha value is -3.65. The van der Waals surface area contributed by atoms with Crippen LogP contribution < -0.4 is 9.62 Å². The maximum atomic E-state index is 14.3. The van der Waals surface area contributed by atoms with E-state index in [1.54, 1.807) is 29.2 Å². The topological polar surface area (TPSA) is 86.8 Å². The minimum Gasteiger partial charge on any atom is -0.352 e. The first kappa shape index (κ1) is 30.3. The molecule has 8 heteroatoms. The van der Waals surface area contributed by atoms with E-state index in [9.17, 15) is 18.0 Å². The van der Waals surface area contributed by atoms with Crippen molar-refractivity contribution in [3.8, 4) is 0 Å². The van der Waals surface area contributed by atoms with Gasteiger partial charge in [-0.05, 0) is 74.9 Å². The molecule has 0 heterocycles. The zero-order valence-corrected chi connectivity index (χ0v) is 25.3. The molecule has 2 amide bonds. The Balaban J connectivity index is 1.73. The van der Waals surface area contributed by atoms with Crippen LogP contribution in [0.5, 0.6) is 0 Å². The van der Waals surface area contributed by atoms with Gasteiger partial charge in [-0.3, -0.25) is 13.9 Å². The van der Waals surface area contributed by atoms with Gasteiger partial charge in [-0.2, -0.15) is 0 Å². The summed E-state index contributed by atoms with van der Waals surface area (Å²) < 4.78 is 29.3. The number of benzene rings is 3. The molecule has 1 aliphatic carbocycles. The van der Waals surface area contributed by atoms with Gasteiger partial charge in [0.15, 0.2) is 0 Å². The summed E-state index contributed by atoms with van der Waals surface area (Å²) in [7, 11) is -4.09. The van der Waals surface area contributed by atoms with Crippen molar-refractivity contribution in [1.82, 2.24) is 10.2 Å². The third-order valence-corrected chi connectivity index (χ3v) is 9.58. The lowest BCUT2D eigenvalue weighted by Gasteiger charge is -2.34. The number of rotatable bonds is 11. The smallest absolute Gasteiger partial charge is 0.264 e. The lowest BCUT2D eigenvalue weighted by Crippen LogP contribution is -2.53. The fraction of sp³-hybridized carbons (Fsp3) is 0.394. The monoisotopic (exact) mass is 575 g/mol. The minimum absolute atomic E-state index is 0.102. The summed E-state index contributed by atoms with van der Waals surface area (Å²) in [6.45, 7) is 7.37. The van der Waals surface area contributed by atoms with Gasteiger partial charge in [0.2, 0.25) is 11.8 Å². The highest BCUT2D eigenvalue weighted by Gasteiger charge is 2.35. The second-order valence-electron chi connectivity index (χ2n) is 11.0. The van der Waals surface area contributed by atoms with Crippen LogP contribution in [-0.4, -0.2) is 43.8 Å². The standard InChI is InChI=1S/C33H41N3O4S/c1-5-30(33(38)34-28-11-9-10-12-28)35(22-27-19-16-24(2)17-20-27)32(37)23-36(31-21-25(3)15-18-26(31)4)41(39,40)29-13-7-6-8-14-29/h6-8,13-21,28,30H,5,9-12,22-23H2,1-4H3,(H,34,38)/t30-/m1/s1. The molecule has 1 saturated carbocycles. The van der Waals surface area contributed by atoms with E-state index in [1.807, 2.05) is 64.1 Å². The van der Waals surface area contributed by atoms with E-state index in [4.69, 9.17) is 0 Å². The molecule has 0 aromatic heterocycles. The molecule has 0 spiro atoms. The number of hydrogen-bond acceptors (Lipinski definition) is 4. The maximum Gasteiger partial charge on any atom is 0.264 e. The fourth-order valence-electron chi connectivity index (χ4n) is 5.40. The van der Waals surface area contributed by atoms with Gasteiger partial charge in [-0.1, -0.05) is 79.9 Å². The molecule has 41 heavy (non-hydrogen) atoms.